The van der Waals surface area contributed by atoms with Crippen molar-refractivity contribution in [2.75, 3.05) is 0 Å². The zero-order valence-electron chi connectivity index (χ0n) is 10.5. The minimum Gasteiger partial charge on any atom is -0.303 e. The van der Waals surface area contributed by atoms with Crippen LogP contribution in [0.15, 0.2) is 24.3 Å². The second-order valence-electron chi connectivity index (χ2n) is 5.91. The lowest BCUT2D eigenvalue weighted by Crippen LogP contribution is -2.44. The maximum Gasteiger partial charge on any atom is 0.123 e. The van der Waals surface area contributed by atoms with Gasteiger partial charge in [0.05, 0.1) is 0 Å². The number of rotatable bonds is 1. The third kappa shape index (κ3) is 1.55. The molecule has 0 aromatic heterocycles. The first-order valence-corrected chi connectivity index (χ1v) is 6.79. The molecule has 0 saturated heterocycles. The Balaban J connectivity index is 2.07. The predicted molar refractivity (Wildman–Crippen MR) is 69.0 cm³/mol. The van der Waals surface area contributed by atoms with E-state index in [-0.39, 0.29) is 5.41 Å². The molecular weight excluding hydrogens is 208 g/mol. The Labute approximate surface area is 103 Å². The molecule has 0 amide bonds. The molecule has 0 aliphatic heterocycles. The quantitative estimate of drug-likeness (QED) is 0.672. The lowest BCUT2D eigenvalue weighted by Gasteiger charge is -2.49. The fourth-order valence-corrected chi connectivity index (χ4v) is 4.20. The highest BCUT2D eigenvalue weighted by Crippen LogP contribution is 2.51. The molecule has 1 aromatic carbocycles. The van der Waals surface area contributed by atoms with Gasteiger partial charge in [-0.2, -0.15) is 0 Å². The minimum atomic E-state index is 0.249. The van der Waals surface area contributed by atoms with E-state index in [1.807, 2.05) is 0 Å². The van der Waals surface area contributed by atoms with Crippen molar-refractivity contribution >= 4 is 6.29 Å². The maximum absolute atomic E-state index is 11.3. The average molecular weight is 228 g/mol. The van der Waals surface area contributed by atoms with Crippen molar-refractivity contribution in [3.8, 4) is 0 Å². The van der Waals surface area contributed by atoms with Gasteiger partial charge in [-0.15, -0.1) is 0 Å². The molecule has 3 rings (SSSR count). The van der Waals surface area contributed by atoms with Crippen molar-refractivity contribution in [3.05, 3.63) is 35.4 Å². The van der Waals surface area contributed by atoms with E-state index in [0.29, 0.717) is 11.8 Å². The molecule has 0 heterocycles. The highest BCUT2D eigenvalue weighted by Gasteiger charge is 2.45. The molecule has 2 aliphatic carbocycles. The number of carbonyl (C=O) groups excluding carboxylic acids is 1. The first kappa shape index (κ1) is 11.0. The fourth-order valence-electron chi connectivity index (χ4n) is 4.20. The van der Waals surface area contributed by atoms with Gasteiger partial charge in [0.15, 0.2) is 0 Å². The van der Waals surface area contributed by atoms with Gasteiger partial charge < -0.3 is 4.79 Å². The summed E-state index contributed by atoms with van der Waals surface area (Å²) >= 11 is 0. The molecule has 2 aliphatic rings. The Bertz CT molecular complexity index is 437. The summed E-state index contributed by atoms with van der Waals surface area (Å²) in [5.41, 5.74) is 3.28. The van der Waals surface area contributed by atoms with E-state index >= 15 is 0 Å². The van der Waals surface area contributed by atoms with Crippen molar-refractivity contribution < 1.29 is 4.79 Å². The van der Waals surface area contributed by atoms with Gasteiger partial charge in [-0.1, -0.05) is 37.6 Å². The number of carbonyl (C=O) groups is 1. The van der Waals surface area contributed by atoms with Crippen LogP contribution in [-0.4, -0.2) is 6.29 Å². The zero-order valence-corrected chi connectivity index (χ0v) is 10.5. The maximum atomic E-state index is 11.3. The Hall–Kier alpha value is -1.11. The van der Waals surface area contributed by atoms with E-state index in [1.165, 1.54) is 36.7 Å². The second-order valence-corrected chi connectivity index (χ2v) is 5.91. The third-order valence-electron chi connectivity index (χ3n) is 5.10. The molecular formula is C16H20O. The van der Waals surface area contributed by atoms with Crippen molar-refractivity contribution in [1.29, 1.82) is 0 Å². The van der Waals surface area contributed by atoms with Gasteiger partial charge in [0.25, 0.3) is 0 Å². The van der Waals surface area contributed by atoms with E-state index in [9.17, 15) is 4.79 Å². The summed E-state index contributed by atoms with van der Waals surface area (Å²) in [5.74, 6) is 0.866. The Kier molecular flexibility index (Phi) is 2.57. The topological polar surface area (TPSA) is 17.1 Å². The van der Waals surface area contributed by atoms with Crippen LogP contribution in [0, 0.1) is 11.8 Å². The SMILES string of the molecule is C[C@@]12CCC[C@H](C=O)[C@H]1CCc1ccccc12. The average Bonchev–Trinajstić information content (AvgIpc) is 2.37. The molecule has 1 nitrogen and oxygen atoms in total. The Morgan fingerprint density at radius 2 is 2.12 bits per heavy atom. The van der Waals surface area contributed by atoms with Gasteiger partial charge in [0.1, 0.15) is 6.29 Å². The molecule has 0 N–H and O–H groups in total. The van der Waals surface area contributed by atoms with Gasteiger partial charge in [0.2, 0.25) is 0 Å². The highest BCUT2D eigenvalue weighted by molar-refractivity contribution is 5.56. The summed E-state index contributed by atoms with van der Waals surface area (Å²) in [6.07, 6.45) is 7.11. The van der Waals surface area contributed by atoms with Gasteiger partial charge in [-0.05, 0) is 48.1 Å². The standard InChI is InChI=1S/C16H20O/c1-16-10-4-6-13(11-17)15(16)9-8-12-5-2-3-7-14(12)16/h2-3,5,7,11,13,15H,4,6,8-10H2,1H3/t13-,15-,16+/m1/s1. The second kappa shape index (κ2) is 3.97. The van der Waals surface area contributed by atoms with Crippen LogP contribution in [0.5, 0.6) is 0 Å². The first-order valence-electron chi connectivity index (χ1n) is 6.79. The summed E-state index contributed by atoms with van der Waals surface area (Å²) in [7, 11) is 0. The van der Waals surface area contributed by atoms with Crippen LogP contribution >= 0.6 is 0 Å². The highest BCUT2D eigenvalue weighted by atomic mass is 16.1. The molecule has 0 unspecified atom stereocenters. The monoisotopic (exact) mass is 228 g/mol. The van der Waals surface area contributed by atoms with Crippen molar-refractivity contribution in [1.82, 2.24) is 0 Å². The third-order valence-corrected chi connectivity index (χ3v) is 5.10. The molecule has 90 valence electrons. The van der Waals surface area contributed by atoms with Crippen LogP contribution in [0.3, 0.4) is 0 Å². The van der Waals surface area contributed by atoms with Gasteiger partial charge in [-0.3, -0.25) is 0 Å². The number of benzene rings is 1. The Morgan fingerprint density at radius 1 is 1.29 bits per heavy atom. The number of fused-ring (bicyclic) bond motifs is 3. The van der Waals surface area contributed by atoms with Crippen LogP contribution in [0.2, 0.25) is 0 Å². The summed E-state index contributed by atoms with van der Waals surface area (Å²) in [4.78, 5) is 11.3. The van der Waals surface area contributed by atoms with E-state index < -0.39 is 0 Å². The largest absolute Gasteiger partial charge is 0.303 e. The van der Waals surface area contributed by atoms with Crippen LogP contribution in [-0.2, 0) is 16.6 Å². The van der Waals surface area contributed by atoms with Crippen LogP contribution in [0.1, 0.15) is 43.7 Å². The fraction of sp³-hybridized carbons (Fsp3) is 0.562. The summed E-state index contributed by atoms with van der Waals surface area (Å²) < 4.78 is 0. The summed E-state index contributed by atoms with van der Waals surface area (Å²) in [6, 6.07) is 8.84. The minimum absolute atomic E-state index is 0.249. The van der Waals surface area contributed by atoms with Crippen molar-refractivity contribution in [2.24, 2.45) is 11.8 Å². The lowest BCUT2D eigenvalue weighted by atomic mass is 9.55. The van der Waals surface area contributed by atoms with Crippen molar-refractivity contribution in [2.45, 2.75) is 44.4 Å². The molecule has 17 heavy (non-hydrogen) atoms. The van der Waals surface area contributed by atoms with Crippen LogP contribution < -0.4 is 0 Å². The predicted octanol–water partition coefficient (Wildman–Crippen LogP) is 3.51. The number of hydrogen-bond donors (Lipinski definition) is 0. The van der Waals surface area contributed by atoms with Crippen molar-refractivity contribution in [3.63, 3.8) is 0 Å². The number of hydrogen-bond acceptors (Lipinski definition) is 1. The molecule has 1 fully saturated rings. The number of aldehydes is 1. The normalized spacial score (nSPS) is 35.8. The van der Waals surface area contributed by atoms with Gasteiger partial charge >= 0.3 is 0 Å². The lowest BCUT2D eigenvalue weighted by molar-refractivity contribution is -0.115. The molecule has 0 spiro atoms. The van der Waals surface area contributed by atoms with Crippen LogP contribution in [0.4, 0.5) is 0 Å². The zero-order chi connectivity index (χ0) is 11.9. The smallest absolute Gasteiger partial charge is 0.123 e. The molecule has 0 bridgehead atoms. The molecule has 0 radical (unpaired) electrons. The van der Waals surface area contributed by atoms with E-state index in [0.717, 1.165) is 12.8 Å². The van der Waals surface area contributed by atoms with Gasteiger partial charge in [-0.25, -0.2) is 0 Å². The molecule has 3 atom stereocenters. The van der Waals surface area contributed by atoms with E-state index in [2.05, 4.69) is 31.2 Å². The van der Waals surface area contributed by atoms with Gasteiger partial charge in [0, 0.05) is 5.92 Å². The van der Waals surface area contributed by atoms with Crippen LogP contribution in [0.25, 0.3) is 0 Å². The van der Waals surface area contributed by atoms with E-state index in [1.54, 1.807) is 0 Å². The molecule has 1 saturated carbocycles. The molecule has 1 heteroatoms. The summed E-state index contributed by atoms with van der Waals surface area (Å²) in [6.45, 7) is 2.38. The number of aryl methyl sites for hydroxylation is 1. The summed E-state index contributed by atoms with van der Waals surface area (Å²) in [5, 5.41) is 0. The molecule has 1 aromatic rings. The first-order chi connectivity index (χ1) is 8.25. The Morgan fingerprint density at radius 3 is 2.94 bits per heavy atom. The van der Waals surface area contributed by atoms with E-state index in [4.69, 9.17) is 0 Å².